The molecule has 0 aliphatic carbocycles. The molecule has 4 aromatic rings. The molecule has 7 nitrogen and oxygen atoms in total. The number of nitrogens with zero attached hydrogens (tertiary/aromatic N) is 2. The molecule has 0 radical (unpaired) electrons. The first-order valence-electron chi connectivity index (χ1n) is 9.57. The summed E-state index contributed by atoms with van der Waals surface area (Å²) in [5.74, 6) is 0. The van der Waals surface area contributed by atoms with E-state index >= 15 is 0 Å². The van der Waals surface area contributed by atoms with Crippen molar-refractivity contribution in [2.24, 2.45) is 0 Å². The lowest BCUT2D eigenvalue weighted by atomic mass is 10.1. The Balaban J connectivity index is 1.52. The Morgan fingerprint density at radius 1 is 0.806 bits per heavy atom. The van der Waals surface area contributed by atoms with E-state index in [1.165, 1.54) is 19.2 Å². The normalized spacial score (nSPS) is 12.6. The number of pyridine rings is 1. The molecule has 0 unspecified atom stereocenters. The predicted molar refractivity (Wildman–Crippen MR) is 121 cm³/mol. The number of aromatic nitrogens is 1. The van der Waals surface area contributed by atoms with Crippen LogP contribution in [0.5, 0.6) is 0 Å². The molecule has 0 saturated heterocycles. The van der Waals surface area contributed by atoms with Crippen LogP contribution in [0.4, 0.5) is 0 Å². The van der Waals surface area contributed by atoms with Crippen molar-refractivity contribution >= 4 is 41.6 Å². The monoisotopic (exact) mass is 455 g/mol. The summed E-state index contributed by atoms with van der Waals surface area (Å²) in [6.45, 7) is -0.0819. The molecule has 0 aliphatic heterocycles. The Bertz CT molecular complexity index is 1460. The van der Waals surface area contributed by atoms with Gasteiger partial charge in [0, 0.05) is 48.7 Å². The van der Waals surface area contributed by atoms with Crippen molar-refractivity contribution in [3.05, 3.63) is 79.1 Å². The van der Waals surface area contributed by atoms with Crippen molar-refractivity contribution < 1.29 is 16.8 Å². The van der Waals surface area contributed by atoms with E-state index in [4.69, 9.17) is 0 Å². The third kappa shape index (κ3) is 4.17. The summed E-state index contributed by atoms with van der Waals surface area (Å²) >= 11 is 0. The molecule has 0 atom stereocenters. The van der Waals surface area contributed by atoms with Gasteiger partial charge in [0.1, 0.15) is 0 Å². The molecule has 31 heavy (non-hydrogen) atoms. The maximum atomic E-state index is 13.1. The molecule has 1 N–H and O–H groups in total. The van der Waals surface area contributed by atoms with E-state index in [0.29, 0.717) is 16.2 Å². The summed E-state index contributed by atoms with van der Waals surface area (Å²) < 4.78 is 55.5. The van der Waals surface area contributed by atoms with Gasteiger partial charge in [0.2, 0.25) is 20.0 Å². The van der Waals surface area contributed by atoms with Crippen LogP contribution in [0.1, 0.15) is 0 Å². The van der Waals surface area contributed by atoms with E-state index in [2.05, 4.69) is 9.71 Å². The molecule has 1 heterocycles. The fourth-order valence-electron chi connectivity index (χ4n) is 3.45. The number of hydrogen-bond donors (Lipinski definition) is 1. The van der Waals surface area contributed by atoms with Crippen LogP contribution in [0.25, 0.3) is 21.5 Å². The fraction of sp³-hybridized carbons (Fsp3) is 0.136. The van der Waals surface area contributed by atoms with E-state index in [1.54, 1.807) is 48.8 Å². The minimum atomic E-state index is -3.81. The highest BCUT2D eigenvalue weighted by molar-refractivity contribution is 7.90. The Kier molecular flexibility index (Phi) is 5.76. The summed E-state index contributed by atoms with van der Waals surface area (Å²) in [6, 6.07) is 18.9. The number of sulfonamides is 2. The Morgan fingerprint density at radius 3 is 2.26 bits per heavy atom. The van der Waals surface area contributed by atoms with Crippen molar-refractivity contribution in [2.45, 2.75) is 9.79 Å². The molecular weight excluding hydrogens is 434 g/mol. The van der Waals surface area contributed by atoms with Crippen LogP contribution in [-0.2, 0) is 20.0 Å². The molecule has 0 bridgehead atoms. The SMILES string of the molecule is CN(CCNS(=O)(=O)c1cccc2ccccc12)S(=O)(=O)c1cccc2cnccc12. The quantitative estimate of drug-likeness (QED) is 0.462. The zero-order valence-electron chi connectivity index (χ0n) is 16.8. The van der Waals surface area contributed by atoms with Gasteiger partial charge in [-0.25, -0.2) is 21.6 Å². The van der Waals surface area contributed by atoms with Crippen LogP contribution in [0.15, 0.2) is 88.9 Å². The summed E-state index contributed by atoms with van der Waals surface area (Å²) in [5, 5.41) is 2.72. The van der Waals surface area contributed by atoms with Gasteiger partial charge in [0.25, 0.3) is 0 Å². The topological polar surface area (TPSA) is 96.4 Å². The smallest absolute Gasteiger partial charge is 0.243 e. The Labute approximate surface area is 181 Å². The second-order valence-electron chi connectivity index (χ2n) is 7.05. The number of fused-ring (bicyclic) bond motifs is 2. The summed E-state index contributed by atoms with van der Waals surface area (Å²) in [5.41, 5.74) is 0. The first-order chi connectivity index (χ1) is 14.8. The maximum absolute atomic E-state index is 13.1. The Hall–Kier alpha value is -2.85. The number of rotatable bonds is 7. The molecule has 0 fully saturated rings. The van der Waals surface area contributed by atoms with Crippen molar-refractivity contribution in [1.29, 1.82) is 0 Å². The molecule has 0 amide bonds. The molecular formula is C22H21N3O4S2. The largest absolute Gasteiger partial charge is 0.264 e. The highest BCUT2D eigenvalue weighted by Gasteiger charge is 2.24. The lowest BCUT2D eigenvalue weighted by Crippen LogP contribution is -2.36. The number of hydrogen-bond acceptors (Lipinski definition) is 5. The van der Waals surface area contributed by atoms with E-state index in [1.807, 2.05) is 18.2 Å². The van der Waals surface area contributed by atoms with Crippen molar-refractivity contribution in [2.75, 3.05) is 20.1 Å². The third-order valence-corrected chi connectivity index (χ3v) is 8.52. The lowest BCUT2D eigenvalue weighted by molar-refractivity contribution is 0.469. The standard InChI is InChI=1S/C22H21N3O4S2/c1-25(31(28,29)22-11-5-8-18-16-23-13-12-20(18)22)15-14-24-30(26,27)21-10-4-7-17-6-2-3-9-19(17)21/h2-13,16,24H,14-15H2,1H3. The minimum absolute atomic E-state index is 0.0200. The molecule has 1 aromatic heterocycles. The van der Waals surface area contributed by atoms with Crippen molar-refractivity contribution in [3.63, 3.8) is 0 Å². The van der Waals surface area contributed by atoms with Crippen molar-refractivity contribution in [1.82, 2.24) is 14.0 Å². The zero-order chi connectivity index (χ0) is 22.1. The van der Waals surface area contributed by atoms with Gasteiger partial charge in [-0.3, -0.25) is 4.98 Å². The number of nitrogens with one attached hydrogen (secondary N) is 1. The van der Waals surface area contributed by atoms with E-state index < -0.39 is 20.0 Å². The average molecular weight is 456 g/mol. The van der Waals surface area contributed by atoms with Gasteiger partial charge in [-0.15, -0.1) is 0 Å². The third-order valence-electron chi connectivity index (χ3n) is 5.09. The molecule has 9 heteroatoms. The summed E-state index contributed by atoms with van der Waals surface area (Å²) in [4.78, 5) is 4.35. The minimum Gasteiger partial charge on any atom is -0.264 e. The average Bonchev–Trinajstić information content (AvgIpc) is 2.78. The number of benzene rings is 3. The van der Waals surface area contributed by atoms with Crippen LogP contribution in [0.2, 0.25) is 0 Å². The second-order valence-corrected chi connectivity index (χ2v) is 10.8. The van der Waals surface area contributed by atoms with Crippen LogP contribution < -0.4 is 4.72 Å². The first kappa shape index (κ1) is 21.4. The van der Waals surface area contributed by atoms with Gasteiger partial charge in [0.05, 0.1) is 9.79 Å². The second kappa shape index (κ2) is 8.35. The summed E-state index contributed by atoms with van der Waals surface area (Å²) in [6.07, 6.45) is 3.15. The highest BCUT2D eigenvalue weighted by Crippen LogP contribution is 2.25. The molecule has 4 rings (SSSR count). The summed E-state index contributed by atoms with van der Waals surface area (Å²) in [7, 11) is -6.19. The predicted octanol–water partition coefficient (Wildman–Crippen LogP) is 2.99. The van der Waals surface area contributed by atoms with Crippen LogP contribution in [0, 0.1) is 0 Å². The number of likely N-dealkylation sites (N-methyl/N-ethyl adjacent to an activating group) is 1. The van der Waals surface area contributed by atoms with Gasteiger partial charge >= 0.3 is 0 Å². The van der Waals surface area contributed by atoms with Crippen LogP contribution >= 0.6 is 0 Å². The van der Waals surface area contributed by atoms with E-state index in [0.717, 1.165) is 9.69 Å². The van der Waals surface area contributed by atoms with Gasteiger partial charge < -0.3 is 0 Å². The zero-order valence-corrected chi connectivity index (χ0v) is 18.4. The molecule has 160 valence electrons. The maximum Gasteiger partial charge on any atom is 0.243 e. The van der Waals surface area contributed by atoms with Crippen molar-refractivity contribution in [3.8, 4) is 0 Å². The van der Waals surface area contributed by atoms with Gasteiger partial charge in [-0.05, 0) is 23.6 Å². The first-order valence-corrected chi connectivity index (χ1v) is 12.5. The van der Waals surface area contributed by atoms with Gasteiger partial charge in [-0.1, -0.05) is 48.5 Å². The molecule has 0 aliphatic rings. The van der Waals surface area contributed by atoms with Gasteiger partial charge in [0.15, 0.2) is 0 Å². The lowest BCUT2D eigenvalue weighted by Gasteiger charge is -2.19. The van der Waals surface area contributed by atoms with E-state index in [-0.39, 0.29) is 22.9 Å². The fourth-order valence-corrected chi connectivity index (χ4v) is 6.08. The van der Waals surface area contributed by atoms with Crippen LogP contribution in [0.3, 0.4) is 0 Å². The van der Waals surface area contributed by atoms with Crippen LogP contribution in [-0.4, -0.2) is 46.3 Å². The molecule has 0 spiro atoms. The molecule has 3 aromatic carbocycles. The highest BCUT2D eigenvalue weighted by atomic mass is 32.2. The molecule has 0 saturated carbocycles. The Morgan fingerprint density at radius 2 is 1.45 bits per heavy atom. The van der Waals surface area contributed by atoms with E-state index in [9.17, 15) is 16.8 Å². The van der Waals surface area contributed by atoms with Gasteiger partial charge in [-0.2, -0.15) is 4.31 Å².